The zero-order valence-electron chi connectivity index (χ0n) is 6.31. The lowest BCUT2D eigenvalue weighted by Gasteiger charge is -1.96. The van der Waals surface area contributed by atoms with E-state index in [1.807, 2.05) is 5.32 Å². The minimum absolute atomic E-state index is 0.448. The summed E-state index contributed by atoms with van der Waals surface area (Å²) in [6.07, 6.45) is 1.66. The number of carboxylic acid groups (broad SMARTS) is 1. The molecule has 0 aliphatic carbocycles. The summed E-state index contributed by atoms with van der Waals surface area (Å²) in [4.78, 5) is 23.7. The molecular weight excluding hydrogens is 164 g/mol. The monoisotopic (exact) mass is 172 g/mol. The number of aliphatic imine (C=N–C) groups is 1. The van der Waals surface area contributed by atoms with Crippen molar-refractivity contribution in [3.8, 4) is 0 Å². The molecule has 2 amide bonds. The van der Waals surface area contributed by atoms with Crippen molar-refractivity contribution in [3.05, 3.63) is 12.0 Å². The fraction of sp³-hybridized carbons (Fsp3) is 0.167. The molecule has 0 aliphatic heterocycles. The van der Waals surface area contributed by atoms with Crippen LogP contribution in [0.15, 0.2) is 17.0 Å². The number of aliphatic hydroxyl groups is 1. The third-order valence-corrected chi connectivity index (χ3v) is 0.742. The molecule has 0 rings (SSSR count). The van der Waals surface area contributed by atoms with Gasteiger partial charge in [-0.25, -0.2) is 14.6 Å². The number of carbonyl (C=O) groups excluding carboxylic acids is 1. The Morgan fingerprint density at radius 1 is 1.42 bits per heavy atom. The van der Waals surface area contributed by atoms with E-state index in [1.54, 1.807) is 0 Å². The molecule has 0 aliphatic rings. The largest absolute Gasteiger partial charge is 0.494 e. The van der Waals surface area contributed by atoms with E-state index in [-0.39, 0.29) is 0 Å². The number of hydrogen-bond acceptors (Lipinski definition) is 3. The van der Waals surface area contributed by atoms with Gasteiger partial charge in [-0.05, 0) is 6.92 Å². The number of urea groups is 1. The maximum absolute atomic E-state index is 10.5. The molecule has 0 radical (unpaired) electrons. The van der Waals surface area contributed by atoms with Gasteiger partial charge in [0.2, 0.25) is 0 Å². The third kappa shape index (κ3) is 4.98. The Hall–Kier alpha value is -1.85. The van der Waals surface area contributed by atoms with E-state index in [4.69, 9.17) is 10.2 Å². The quantitative estimate of drug-likeness (QED) is 0.316. The lowest BCUT2D eigenvalue weighted by molar-refractivity contribution is -0.131. The average molecular weight is 172 g/mol. The Balaban J connectivity index is 4.09. The van der Waals surface area contributed by atoms with Gasteiger partial charge >= 0.3 is 12.0 Å². The number of carboxylic acids is 1. The minimum atomic E-state index is -1.35. The van der Waals surface area contributed by atoms with Crippen LogP contribution >= 0.6 is 0 Å². The molecule has 6 nitrogen and oxygen atoms in total. The molecule has 6 heteroatoms. The predicted molar refractivity (Wildman–Crippen MR) is 41.0 cm³/mol. The van der Waals surface area contributed by atoms with Gasteiger partial charge in [-0.1, -0.05) is 0 Å². The highest BCUT2D eigenvalue weighted by atomic mass is 16.4. The standard InChI is InChI=1S/C6H8N2O4/c1-2-7-6(12)8-4(9)3-5(10)11/h2-3,9H,1H3,(H,8,12)(H,10,11)/b4-3-,7-2-. The smallest absolute Gasteiger partial charge is 0.347 e. The Morgan fingerprint density at radius 2 is 2.00 bits per heavy atom. The first-order valence-corrected chi connectivity index (χ1v) is 2.99. The molecule has 0 aromatic heterocycles. The minimum Gasteiger partial charge on any atom is -0.494 e. The fourth-order valence-electron chi connectivity index (χ4n) is 0.412. The highest BCUT2D eigenvalue weighted by molar-refractivity contribution is 5.85. The molecule has 0 saturated carbocycles. The van der Waals surface area contributed by atoms with E-state index in [1.165, 1.54) is 13.1 Å². The van der Waals surface area contributed by atoms with Gasteiger partial charge in [-0.15, -0.1) is 0 Å². The molecule has 3 N–H and O–H groups in total. The highest BCUT2D eigenvalue weighted by Crippen LogP contribution is 1.83. The van der Waals surface area contributed by atoms with Crippen LogP contribution in [-0.4, -0.2) is 28.4 Å². The number of aliphatic carboxylic acids is 1. The summed E-state index contributed by atoms with van der Waals surface area (Å²) in [7, 11) is 0. The van der Waals surface area contributed by atoms with Crippen LogP contribution in [0.1, 0.15) is 6.92 Å². The number of hydrogen-bond donors (Lipinski definition) is 3. The summed E-state index contributed by atoms with van der Waals surface area (Å²) in [5.74, 6) is -2.11. The first-order valence-electron chi connectivity index (χ1n) is 2.99. The maximum atomic E-state index is 10.5. The SMILES string of the molecule is C/C=N\C(=O)N/C(O)=C/C(=O)O. The van der Waals surface area contributed by atoms with E-state index in [0.717, 1.165) is 0 Å². The summed E-state index contributed by atoms with van der Waals surface area (Å²) in [5, 5.41) is 18.6. The van der Waals surface area contributed by atoms with Crippen molar-refractivity contribution in [1.82, 2.24) is 5.32 Å². The van der Waals surface area contributed by atoms with Crippen LogP contribution in [0, 0.1) is 0 Å². The van der Waals surface area contributed by atoms with Gasteiger partial charge in [-0.3, -0.25) is 5.32 Å². The number of aliphatic hydroxyl groups excluding tert-OH is 1. The van der Waals surface area contributed by atoms with Crippen molar-refractivity contribution in [2.75, 3.05) is 0 Å². The predicted octanol–water partition coefficient (Wildman–Crippen LogP) is 0.271. The zero-order valence-corrected chi connectivity index (χ0v) is 6.31. The lowest BCUT2D eigenvalue weighted by Crippen LogP contribution is -2.19. The molecule has 0 fully saturated rings. The highest BCUT2D eigenvalue weighted by Gasteiger charge is 2.00. The van der Waals surface area contributed by atoms with Gasteiger partial charge in [0, 0.05) is 6.21 Å². The van der Waals surface area contributed by atoms with Crippen LogP contribution in [0.25, 0.3) is 0 Å². The summed E-state index contributed by atoms with van der Waals surface area (Å²) in [5.41, 5.74) is 0. The van der Waals surface area contributed by atoms with Crippen LogP contribution in [0.4, 0.5) is 4.79 Å². The lowest BCUT2D eigenvalue weighted by atomic mass is 10.6. The molecule has 66 valence electrons. The summed E-state index contributed by atoms with van der Waals surface area (Å²) >= 11 is 0. The van der Waals surface area contributed by atoms with Crippen molar-refractivity contribution in [3.63, 3.8) is 0 Å². The van der Waals surface area contributed by atoms with Crippen molar-refractivity contribution in [1.29, 1.82) is 0 Å². The Bertz CT molecular complexity index is 244. The number of rotatable bonds is 2. The molecule has 0 unspecified atom stereocenters. The first kappa shape index (κ1) is 10.2. The second-order valence-corrected chi connectivity index (χ2v) is 1.69. The fourth-order valence-corrected chi connectivity index (χ4v) is 0.412. The van der Waals surface area contributed by atoms with Crippen LogP contribution in [0.3, 0.4) is 0 Å². The maximum Gasteiger partial charge on any atom is 0.347 e. The third-order valence-electron chi connectivity index (χ3n) is 0.742. The van der Waals surface area contributed by atoms with Crippen LogP contribution in [-0.2, 0) is 4.79 Å². The molecule has 0 atom stereocenters. The number of nitrogens with zero attached hydrogens (tertiary/aromatic N) is 1. The van der Waals surface area contributed by atoms with E-state index < -0.39 is 17.9 Å². The number of amides is 2. The second kappa shape index (κ2) is 4.89. The van der Waals surface area contributed by atoms with E-state index in [2.05, 4.69) is 4.99 Å². The average Bonchev–Trinajstić information content (AvgIpc) is 1.84. The first-order chi connectivity index (χ1) is 5.56. The Morgan fingerprint density at radius 3 is 2.42 bits per heavy atom. The zero-order chi connectivity index (χ0) is 9.56. The van der Waals surface area contributed by atoms with Gasteiger partial charge in [0.25, 0.3) is 0 Å². The van der Waals surface area contributed by atoms with Crippen LogP contribution in [0.2, 0.25) is 0 Å². The topological polar surface area (TPSA) is 99.0 Å². The Kier molecular flexibility index (Phi) is 4.13. The Labute approximate surface area is 68.2 Å². The number of nitrogens with one attached hydrogen (secondary N) is 1. The molecule has 0 saturated heterocycles. The summed E-state index contributed by atoms with van der Waals surface area (Å²) in [6.45, 7) is 1.51. The van der Waals surface area contributed by atoms with Crippen molar-refractivity contribution >= 4 is 18.2 Å². The molecule has 0 bridgehead atoms. The molecule has 0 aromatic rings. The van der Waals surface area contributed by atoms with Gasteiger partial charge in [0.15, 0.2) is 5.88 Å². The summed E-state index contributed by atoms with van der Waals surface area (Å²) < 4.78 is 0. The number of carbonyl (C=O) groups is 2. The molecular formula is C6H8N2O4. The van der Waals surface area contributed by atoms with E-state index in [0.29, 0.717) is 6.08 Å². The van der Waals surface area contributed by atoms with Crippen molar-refractivity contribution in [2.24, 2.45) is 4.99 Å². The molecule has 0 heterocycles. The van der Waals surface area contributed by atoms with Crippen LogP contribution < -0.4 is 5.32 Å². The molecule has 0 spiro atoms. The van der Waals surface area contributed by atoms with Gasteiger partial charge < -0.3 is 10.2 Å². The van der Waals surface area contributed by atoms with Crippen LogP contribution in [0.5, 0.6) is 0 Å². The summed E-state index contributed by atoms with van der Waals surface area (Å²) in [6, 6.07) is -0.826. The van der Waals surface area contributed by atoms with E-state index >= 15 is 0 Å². The molecule has 0 aromatic carbocycles. The van der Waals surface area contributed by atoms with Crippen molar-refractivity contribution < 1.29 is 19.8 Å². The second-order valence-electron chi connectivity index (χ2n) is 1.69. The van der Waals surface area contributed by atoms with Crippen molar-refractivity contribution in [2.45, 2.75) is 6.92 Å². The van der Waals surface area contributed by atoms with Gasteiger partial charge in [-0.2, -0.15) is 0 Å². The molecule has 12 heavy (non-hydrogen) atoms. The normalized spacial score (nSPS) is 11.6. The van der Waals surface area contributed by atoms with Gasteiger partial charge in [0.05, 0.1) is 6.08 Å². The van der Waals surface area contributed by atoms with Gasteiger partial charge in [0.1, 0.15) is 0 Å². The van der Waals surface area contributed by atoms with E-state index in [9.17, 15) is 9.59 Å².